The van der Waals surface area contributed by atoms with Crippen molar-refractivity contribution in [3.05, 3.63) is 29.8 Å². The third-order valence-corrected chi connectivity index (χ3v) is 6.22. The van der Waals surface area contributed by atoms with E-state index in [9.17, 15) is 9.90 Å². The molecule has 39 heavy (non-hydrogen) atoms. The molecule has 12 nitrogen and oxygen atoms in total. The first-order valence-electron chi connectivity index (χ1n) is 13.9. The molecule has 1 amide bonds. The Balaban J connectivity index is 1.59. The molecular formula is C27H44N8O4. The van der Waals surface area contributed by atoms with E-state index in [0.717, 1.165) is 38.6 Å². The Bertz CT molecular complexity index is 1000. The molecule has 1 heterocycles. The molecule has 1 aliphatic carbocycles. The van der Waals surface area contributed by atoms with Crippen molar-refractivity contribution in [2.24, 2.45) is 11.7 Å². The van der Waals surface area contributed by atoms with Crippen LogP contribution in [0, 0.1) is 5.92 Å². The smallest absolute Gasteiger partial charge is 0.251 e. The standard InChI is InChI=1S/C27H44N8O4/c1-19(2)10-12-30-25-33-26(31-21-6-8-23(36)9-7-21)35-27(34-25)32-22-5-3-4-20(18-22)24(37)29-13-15-39-17-16-38-14-11-28/h3-5,18-19,21,23,36H,6-17,28H2,1-2H3,(H,29,37)(H3,30,31,32,33,34,35). The Kier molecular flexibility index (Phi) is 13.1. The van der Waals surface area contributed by atoms with E-state index in [0.29, 0.717) is 74.5 Å². The molecule has 1 aromatic heterocycles. The van der Waals surface area contributed by atoms with E-state index < -0.39 is 0 Å². The van der Waals surface area contributed by atoms with E-state index in [1.807, 2.05) is 6.07 Å². The molecule has 7 N–H and O–H groups in total. The first-order valence-corrected chi connectivity index (χ1v) is 13.9. The Morgan fingerprint density at radius 2 is 1.72 bits per heavy atom. The highest BCUT2D eigenvalue weighted by molar-refractivity contribution is 5.95. The maximum atomic E-state index is 12.6. The minimum atomic E-state index is -0.232. The minimum Gasteiger partial charge on any atom is -0.393 e. The average Bonchev–Trinajstić information content (AvgIpc) is 2.91. The number of aliphatic hydroxyl groups is 1. The predicted molar refractivity (Wildman–Crippen MR) is 152 cm³/mol. The van der Waals surface area contributed by atoms with Crippen molar-refractivity contribution in [2.45, 2.75) is 58.1 Å². The van der Waals surface area contributed by atoms with Gasteiger partial charge in [0.2, 0.25) is 17.8 Å². The number of amides is 1. The minimum absolute atomic E-state index is 0.196. The van der Waals surface area contributed by atoms with E-state index in [1.54, 1.807) is 18.2 Å². The number of hydrogen-bond acceptors (Lipinski definition) is 11. The van der Waals surface area contributed by atoms with E-state index in [4.69, 9.17) is 15.2 Å². The van der Waals surface area contributed by atoms with Crippen LogP contribution >= 0.6 is 0 Å². The summed E-state index contributed by atoms with van der Waals surface area (Å²) in [6, 6.07) is 7.35. The van der Waals surface area contributed by atoms with Crippen molar-refractivity contribution in [2.75, 3.05) is 62.0 Å². The zero-order chi connectivity index (χ0) is 27.9. The fourth-order valence-electron chi connectivity index (χ4n) is 4.06. The van der Waals surface area contributed by atoms with Gasteiger partial charge >= 0.3 is 0 Å². The quantitative estimate of drug-likeness (QED) is 0.162. The van der Waals surface area contributed by atoms with Gasteiger partial charge in [-0.05, 0) is 56.2 Å². The second kappa shape index (κ2) is 16.8. The summed E-state index contributed by atoms with van der Waals surface area (Å²) in [5.74, 6) is 1.68. The van der Waals surface area contributed by atoms with Crippen LogP contribution in [0.5, 0.6) is 0 Å². The molecule has 3 rings (SSSR count). The first-order chi connectivity index (χ1) is 18.9. The van der Waals surface area contributed by atoms with Gasteiger partial charge in [-0.15, -0.1) is 0 Å². The first kappa shape index (κ1) is 30.5. The molecule has 0 bridgehead atoms. The van der Waals surface area contributed by atoms with Gasteiger partial charge in [0.15, 0.2) is 0 Å². The second-order valence-corrected chi connectivity index (χ2v) is 10.0. The molecule has 0 atom stereocenters. The van der Waals surface area contributed by atoms with Crippen LogP contribution in [0.15, 0.2) is 24.3 Å². The Morgan fingerprint density at radius 3 is 2.46 bits per heavy atom. The zero-order valence-corrected chi connectivity index (χ0v) is 23.1. The van der Waals surface area contributed by atoms with Crippen LogP contribution in [-0.2, 0) is 9.47 Å². The van der Waals surface area contributed by atoms with Crippen molar-refractivity contribution in [1.82, 2.24) is 20.3 Å². The molecule has 0 saturated heterocycles. The molecular weight excluding hydrogens is 500 g/mol. The summed E-state index contributed by atoms with van der Waals surface area (Å²) in [7, 11) is 0. The fourth-order valence-corrected chi connectivity index (χ4v) is 4.06. The van der Waals surface area contributed by atoms with Crippen LogP contribution in [-0.4, -0.2) is 84.2 Å². The van der Waals surface area contributed by atoms with Gasteiger partial charge in [-0.3, -0.25) is 4.79 Å². The topological polar surface area (TPSA) is 169 Å². The highest BCUT2D eigenvalue weighted by Gasteiger charge is 2.20. The number of carbonyl (C=O) groups is 1. The Labute approximate surface area is 230 Å². The number of rotatable bonds is 17. The van der Waals surface area contributed by atoms with E-state index in [-0.39, 0.29) is 18.1 Å². The zero-order valence-electron chi connectivity index (χ0n) is 23.1. The molecule has 216 valence electrons. The lowest BCUT2D eigenvalue weighted by Gasteiger charge is -2.26. The summed E-state index contributed by atoms with van der Waals surface area (Å²) in [5, 5.41) is 22.6. The van der Waals surface area contributed by atoms with Crippen LogP contribution in [0.4, 0.5) is 23.5 Å². The van der Waals surface area contributed by atoms with Gasteiger partial charge in [0.25, 0.3) is 5.91 Å². The Morgan fingerprint density at radius 1 is 1.00 bits per heavy atom. The van der Waals surface area contributed by atoms with Crippen molar-refractivity contribution < 1.29 is 19.4 Å². The van der Waals surface area contributed by atoms with Gasteiger partial charge in [0.05, 0.1) is 32.5 Å². The third-order valence-electron chi connectivity index (χ3n) is 6.22. The highest BCUT2D eigenvalue weighted by Crippen LogP contribution is 2.23. The van der Waals surface area contributed by atoms with Crippen LogP contribution in [0.2, 0.25) is 0 Å². The summed E-state index contributed by atoms with van der Waals surface area (Å²) in [6.45, 7) is 7.79. The fraction of sp³-hybridized carbons (Fsp3) is 0.630. The van der Waals surface area contributed by atoms with Crippen molar-refractivity contribution in [1.29, 1.82) is 0 Å². The average molecular weight is 545 g/mol. The van der Waals surface area contributed by atoms with Gasteiger partial charge in [-0.2, -0.15) is 15.0 Å². The van der Waals surface area contributed by atoms with Gasteiger partial charge in [-0.1, -0.05) is 19.9 Å². The lowest BCUT2D eigenvalue weighted by molar-refractivity contribution is 0.0511. The van der Waals surface area contributed by atoms with Gasteiger partial charge < -0.3 is 41.6 Å². The molecule has 0 aliphatic heterocycles. The van der Waals surface area contributed by atoms with Crippen LogP contribution in [0.3, 0.4) is 0 Å². The van der Waals surface area contributed by atoms with Crippen LogP contribution in [0.1, 0.15) is 56.3 Å². The third kappa shape index (κ3) is 11.7. The van der Waals surface area contributed by atoms with E-state index >= 15 is 0 Å². The predicted octanol–water partition coefficient (Wildman–Crippen LogP) is 2.51. The number of hydrogen-bond donors (Lipinski definition) is 6. The summed E-state index contributed by atoms with van der Waals surface area (Å²) >= 11 is 0. The summed E-state index contributed by atoms with van der Waals surface area (Å²) in [5.41, 5.74) is 6.56. The number of aliphatic hydroxyl groups excluding tert-OH is 1. The van der Waals surface area contributed by atoms with Crippen molar-refractivity contribution in [3.8, 4) is 0 Å². The molecule has 0 spiro atoms. The SMILES string of the molecule is CC(C)CCNc1nc(Nc2cccc(C(=O)NCCOCCOCCN)c2)nc(NC2CCC(O)CC2)n1. The number of anilines is 4. The van der Waals surface area contributed by atoms with Crippen LogP contribution in [0.25, 0.3) is 0 Å². The summed E-state index contributed by atoms with van der Waals surface area (Å²) in [4.78, 5) is 26.3. The molecule has 12 heteroatoms. The number of nitrogens with zero attached hydrogens (tertiary/aromatic N) is 3. The lowest BCUT2D eigenvalue weighted by Crippen LogP contribution is -2.29. The molecule has 0 unspecified atom stereocenters. The van der Waals surface area contributed by atoms with Crippen molar-refractivity contribution in [3.63, 3.8) is 0 Å². The lowest BCUT2D eigenvalue weighted by atomic mass is 9.93. The van der Waals surface area contributed by atoms with E-state index in [2.05, 4.69) is 50.1 Å². The second-order valence-electron chi connectivity index (χ2n) is 10.0. The number of benzene rings is 1. The number of aromatic nitrogens is 3. The Hall–Kier alpha value is -3.06. The molecule has 1 saturated carbocycles. The highest BCUT2D eigenvalue weighted by atomic mass is 16.5. The molecule has 1 fully saturated rings. The number of nitrogens with one attached hydrogen (secondary N) is 4. The van der Waals surface area contributed by atoms with Crippen molar-refractivity contribution >= 4 is 29.4 Å². The van der Waals surface area contributed by atoms with Crippen LogP contribution < -0.4 is 27.0 Å². The number of carbonyl (C=O) groups excluding carboxylic acids is 1. The molecule has 1 aromatic carbocycles. The molecule has 2 aromatic rings. The summed E-state index contributed by atoms with van der Waals surface area (Å²) < 4.78 is 10.7. The van der Waals surface area contributed by atoms with Gasteiger partial charge in [0.1, 0.15) is 0 Å². The maximum absolute atomic E-state index is 12.6. The van der Waals surface area contributed by atoms with E-state index in [1.165, 1.54) is 0 Å². The van der Waals surface area contributed by atoms with Gasteiger partial charge in [-0.25, -0.2) is 0 Å². The largest absolute Gasteiger partial charge is 0.393 e. The number of ether oxygens (including phenoxy) is 2. The molecule has 0 radical (unpaired) electrons. The summed E-state index contributed by atoms with van der Waals surface area (Å²) in [6.07, 6.45) is 3.99. The maximum Gasteiger partial charge on any atom is 0.251 e. The normalized spacial score (nSPS) is 17.2. The van der Waals surface area contributed by atoms with Gasteiger partial charge in [0, 0.05) is 36.9 Å². The monoisotopic (exact) mass is 544 g/mol. The molecule has 1 aliphatic rings. The number of nitrogens with two attached hydrogens (primary N) is 1.